The summed E-state index contributed by atoms with van der Waals surface area (Å²) in [6.07, 6.45) is -3.79. The highest BCUT2D eigenvalue weighted by Crippen LogP contribution is 2.33. The van der Waals surface area contributed by atoms with Crippen LogP contribution in [0.3, 0.4) is 0 Å². The molecule has 1 saturated heterocycles. The Morgan fingerprint density at radius 1 is 1.33 bits per heavy atom. The molecule has 27 heavy (non-hydrogen) atoms. The third-order valence-corrected chi connectivity index (χ3v) is 4.56. The first-order valence-electron chi connectivity index (χ1n) is 8.46. The third kappa shape index (κ3) is 4.80. The molecule has 0 spiro atoms. The highest BCUT2D eigenvalue weighted by atomic mass is 19.4. The molecule has 0 saturated carbocycles. The van der Waals surface area contributed by atoms with Crippen LogP contribution in [0.1, 0.15) is 32.8 Å². The topological polar surface area (TPSA) is 73.2 Å². The van der Waals surface area contributed by atoms with Crippen molar-refractivity contribution in [1.82, 2.24) is 4.90 Å². The molecule has 1 fully saturated rings. The molecule has 0 bridgehead atoms. The second-order valence-corrected chi connectivity index (χ2v) is 7.46. The molecule has 0 aromatic heterocycles. The zero-order chi connectivity index (χ0) is 20.4. The fraction of sp³-hybridized carbons (Fsp3) is 0.556. The standard InChI is InChI=1S/C18H22F3N3O3/c1-17(2,3)24(16(26)27)15-7-8-23(10-14(15)22-11-25)13-6-4-5-12(9-13)18(19,20)21/h4-6,9,14-15H,7-8,10H2,1-3H3,(H,26,27)/t14-,15-/m0/s1. The van der Waals surface area contributed by atoms with Gasteiger partial charge in [-0.05, 0) is 45.4 Å². The number of carboxylic acid groups (broad SMARTS) is 1. The molecule has 0 unspecified atom stereocenters. The summed E-state index contributed by atoms with van der Waals surface area (Å²) in [5, 5.41) is 9.60. The minimum absolute atomic E-state index is 0.126. The summed E-state index contributed by atoms with van der Waals surface area (Å²) in [6, 6.07) is 3.62. The summed E-state index contributed by atoms with van der Waals surface area (Å²) in [5.41, 5.74) is -1.13. The van der Waals surface area contributed by atoms with Crippen LogP contribution in [0.4, 0.5) is 23.7 Å². The number of halogens is 3. The van der Waals surface area contributed by atoms with Crippen molar-refractivity contribution in [3.05, 3.63) is 29.8 Å². The Morgan fingerprint density at radius 3 is 2.52 bits per heavy atom. The molecule has 6 nitrogen and oxygen atoms in total. The number of anilines is 1. The van der Waals surface area contributed by atoms with Crippen LogP contribution in [-0.2, 0) is 11.0 Å². The number of carbonyl (C=O) groups excluding carboxylic acids is 1. The van der Waals surface area contributed by atoms with Gasteiger partial charge in [-0.25, -0.2) is 9.59 Å². The molecule has 1 heterocycles. The molecule has 1 aromatic carbocycles. The number of piperidine rings is 1. The van der Waals surface area contributed by atoms with E-state index in [0.29, 0.717) is 18.7 Å². The summed E-state index contributed by atoms with van der Waals surface area (Å²) < 4.78 is 38.9. The van der Waals surface area contributed by atoms with Gasteiger partial charge in [0.1, 0.15) is 6.04 Å². The molecule has 2 rings (SSSR count). The van der Waals surface area contributed by atoms with Gasteiger partial charge in [0.15, 0.2) is 0 Å². The van der Waals surface area contributed by atoms with E-state index in [9.17, 15) is 27.9 Å². The van der Waals surface area contributed by atoms with Gasteiger partial charge in [-0.3, -0.25) is 4.90 Å². The molecular formula is C18H22F3N3O3. The van der Waals surface area contributed by atoms with Crippen molar-refractivity contribution in [2.45, 2.75) is 51.0 Å². The monoisotopic (exact) mass is 385 g/mol. The first-order valence-corrected chi connectivity index (χ1v) is 8.46. The molecule has 1 aliphatic rings. The number of isocyanates is 1. The van der Waals surface area contributed by atoms with Gasteiger partial charge in [-0.15, -0.1) is 0 Å². The second kappa shape index (κ2) is 7.60. The van der Waals surface area contributed by atoms with Crippen molar-refractivity contribution >= 4 is 17.9 Å². The van der Waals surface area contributed by atoms with E-state index in [0.717, 1.165) is 12.1 Å². The van der Waals surface area contributed by atoms with Gasteiger partial charge >= 0.3 is 12.3 Å². The SMILES string of the molecule is CC(C)(C)N(C(=O)O)[C@H]1CCN(c2cccc(C(F)(F)F)c2)C[C@@H]1N=C=O. The lowest BCUT2D eigenvalue weighted by molar-refractivity contribution is -0.137. The highest BCUT2D eigenvalue weighted by Gasteiger charge is 2.41. The zero-order valence-corrected chi connectivity index (χ0v) is 15.3. The quantitative estimate of drug-likeness (QED) is 0.635. The Hall–Kier alpha value is -2.54. The zero-order valence-electron chi connectivity index (χ0n) is 15.3. The van der Waals surface area contributed by atoms with Crippen molar-refractivity contribution in [2.24, 2.45) is 4.99 Å². The summed E-state index contributed by atoms with van der Waals surface area (Å²) in [4.78, 5) is 29.3. The van der Waals surface area contributed by atoms with E-state index in [4.69, 9.17) is 0 Å². The van der Waals surface area contributed by atoms with Crippen LogP contribution in [0.15, 0.2) is 29.3 Å². The minimum Gasteiger partial charge on any atom is -0.465 e. The van der Waals surface area contributed by atoms with Gasteiger partial charge < -0.3 is 10.0 Å². The predicted octanol–water partition coefficient (Wildman–Crippen LogP) is 3.77. The summed E-state index contributed by atoms with van der Waals surface area (Å²) in [7, 11) is 0. The van der Waals surface area contributed by atoms with E-state index in [1.807, 2.05) is 0 Å². The van der Waals surface area contributed by atoms with E-state index in [1.54, 1.807) is 31.7 Å². The number of amides is 1. The first-order chi connectivity index (χ1) is 12.4. The van der Waals surface area contributed by atoms with Crippen LogP contribution < -0.4 is 4.90 Å². The van der Waals surface area contributed by atoms with E-state index < -0.39 is 35.5 Å². The van der Waals surface area contributed by atoms with Crippen LogP contribution in [0.2, 0.25) is 0 Å². The first kappa shape index (κ1) is 20.8. The Balaban J connectivity index is 2.31. The molecule has 9 heteroatoms. The van der Waals surface area contributed by atoms with E-state index in [2.05, 4.69) is 4.99 Å². The van der Waals surface area contributed by atoms with Crippen LogP contribution in [0, 0.1) is 0 Å². The summed E-state index contributed by atoms with van der Waals surface area (Å²) >= 11 is 0. The minimum atomic E-state index is -4.46. The average molecular weight is 385 g/mol. The number of benzene rings is 1. The van der Waals surface area contributed by atoms with Gasteiger partial charge in [0.05, 0.1) is 11.6 Å². The number of hydrogen-bond donors (Lipinski definition) is 1. The van der Waals surface area contributed by atoms with Crippen molar-refractivity contribution in [2.75, 3.05) is 18.0 Å². The van der Waals surface area contributed by atoms with Crippen molar-refractivity contribution < 1.29 is 27.9 Å². The lowest BCUT2D eigenvalue weighted by atomic mass is 9.93. The number of carbonyl (C=O) groups is 1. The van der Waals surface area contributed by atoms with Gasteiger partial charge in [0.2, 0.25) is 6.08 Å². The second-order valence-electron chi connectivity index (χ2n) is 7.46. The Morgan fingerprint density at radius 2 is 2.00 bits per heavy atom. The number of hydrogen-bond acceptors (Lipinski definition) is 4. The van der Waals surface area contributed by atoms with E-state index in [-0.39, 0.29) is 6.54 Å². The van der Waals surface area contributed by atoms with Crippen LogP contribution in [0.25, 0.3) is 0 Å². The van der Waals surface area contributed by atoms with Gasteiger partial charge in [0, 0.05) is 24.3 Å². The van der Waals surface area contributed by atoms with Crippen LogP contribution in [0.5, 0.6) is 0 Å². The number of nitrogens with zero attached hydrogens (tertiary/aromatic N) is 3. The van der Waals surface area contributed by atoms with Crippen molar-refractivity contribution in [1.29, 1.82) is 0 Å². The third-order valence-electron chi connectivity index (χ3n) is 4.56. The lowest BCUT2D eigenvalue weighted by Gasteiger charge is -2.46. The molecule has 1 aliphatic heterocycles. The molecule has 1 N–H and O–H groups in total. The van der Waals surface area contributed by atoms with Crippen molar-refractivity contribution in [3.63, 3.8) is 0 Å². The molecule has 1 amide bonds. The summed E-state index contributed by atoms with van der Waals surface area (Å²) in [5.74, 6) is 0. The average Bonchev–Trinajstić information content (AvgIpc) is 2.54. The summed E-state index contributed by atoms with van der Waals surface area (Å²) in [6.45, 7) is 5.68. The molecule has 148 valence electrons. The van der Waals surface area contributed by atoms with Crippen LogP contribution >= 0.6 is 0 Å². The largest absolute Gasteiger partial charge is 0.465 e. The highest BCUT2D eigenvalue weighted by molar-refractivity contribution is 5.67. The van der Waals surface area contributed by atoms with Crippen LogP contribution in [-0.4, -0.2) is 52.9 Å². The maximum atomic E-state index is 13.0. The maximum absolute atomic E-state index is 13.0. The number of aliphatic imine (C=N–C) groups is 1. The molecule has 0 aliphatic carbocycles. The smallest absolute Gasteiger partial charge is 0.416 e. The predicted molar refractivity (Wildman–Crippen MR) is 93.6 cm³/mol. The normalized spacial score (nSPS) is 20.7. The number of rotatable bonds is 3. The Kier molecular flexibility index (Phi) is 5.85. The Labute approximate surface area is 155 Å². The van der Waals surface area contributed by atoms with Gasteiger partial charge in [0.25, 0.3) is 0 Å². The van der Waals surface area contributed by atoms with Gasteiger partial charge in [-0.2, -0.15) is 18.2 Å². The molecule has 2 atom stereocenters. The van der Waals surface area contributed by atoms with Gasteiger partial charge in [-0.1, -0.05) is 6.07 Å². The molecule has 0 radical (unpaired) electrons. The number of alkyl halides is 3. The lowest BCUT2D eigenvalue weighted by Crippen LogP contribution is -2.60. The fourth-order valence-electron chi connectivity index (χ4n) is 3.45. The molecule has 1 aromatic rings. The van der Waals surface area contributed by atoms with E-state index >= 15 is 0 Å². The Bertz CT molecular complexity index is 739. The van der Waals surface area contributed by atoms with Crippen molar-refractivity contribution in [3.8, 4) is 0 Å². The fourth-order valence-corrected chi connectivity index (χ4v) is 3.45. The maximum Gasteiger partial charge on any atom is 0.416 e. The molecular weight excluding hydrogens is 363 g/mol. The van der Waals surface area contributed by atoms with E-state index in [1.165, 1.54) is 17.0 Å².